The minimum atomic E-state index is -2.48. The minimum Gasteiger partial charge on any atom is -0.472 e. The molecule has 0 saturated heterocycles. The Morgan fingerprint density at radius 1 is 1.32 bits per heavy atom. The number of halogens is 2. The second-order valence-electron chi connectivity index (χ2n) is 4.89. The summed E-state index contributed by atoms with van der Waals surface area (Å²) in [6.07, 6.45) is -1.72. The van der Waals surface area contributed by atoms with Crippen LogP contribution in [0.2, 0.25) is 0 Å². The van der Waals surface area contributed by atoms with E-state index in [0.717, 1.165) is 24.2 Å². The average Bonchev–Trinajstić information content (AvgIpc) is 2.35. The quantitative estimate of drug-likeness (QED) is 0.790. The topological polar surface area (TPSA) is 34.1 Å². The molecule has 0 bridgehead atoms. The van der Waals surface area contributed by atoms with Gasteiger partial charge in [-0.1, -0.05) is 20.8 Å². The Labute approximate surface area is 113 Å². The smallest absolute Gasteiger partial charge is 0.272 e. The highest BCUT2D eigenvalue weighted by atomic mass is 19.3. The monoisotopic (exact) mass is 272 g/mol. The number of nitrogens with zero attached hydrogens (tertiary/aromatic N) is 1. The molecule has 19 heavy (non-hydrogen) atoms. The highest BCUT2D eigenvalue weighted by Crippen LogP contribution is 2.14. The molecular formula is C14H22F2N2O. The van der Waals surface area contributed by atoms with Crippen LogP contribution in [0.15, 0.2) is 12.1 Å². The summed E-state index contributed by atoms with van der Waals surface area (Å²) in [6, 6.07) is 3.69. The normalized spacial score (nSPS) is 11.3. The molecule has 1 aromatic heterocycles. The summed E-state index contributed by atoms with van der Waals surface area (Å²) in [4.78, 5) is 4.18. The van der Waals surface area contributed by atoms with Crippen LogP contribution in [0.3, 0.4) is 0 Å². The van der Waals surface area contributed by atoms with E-state index in [1.54, 1.807) is 6.07 Å². The van der Waals surface area contributed by atoms with Crippen LogP contribution in [0.5, 0.6) is 5.88 Å². The van der Waals surface area contributed by atoms with E-state index in [4.69, 9.17) is 4.74 Å². The number of aromatic nitrogens is 1. The van der Waals surface area contributed by atoms with Crippen molar-refractivity contribution in [1.82, 2.24) is 10.3 Å². The van der Waals surface area contributed by atoms with Crippen LogP contribution in [0.25, 0.3) is 0 Å². The van der Waals surface area contributed by atoms with Gasteiger partial charge in [0.2, 0.25) is 5.88 Å². The molecule has 0 amide bonds. The van der Waals surface area contributed by atoms with E-state index in [2.05, 4.69) is 24.1 Å². The number of hydrogen-bond acceptors (Lipinski definition) is 3. The summed E-state index contributed by atoms with van der Waals surface area (Å²) in [5.41, 5.74) is 1.87. The molecule has 108 valence electrons. The number of nitrogens with one attached hydrogen (secondary N) is 1. The molecule has 0 spiro atoms. The zero-order valence-corrected chi connectivity index (χ0v) is 11.7. The zero-order valence-electron chi connectivity index (χ0n) is 11.7. The molecule has 1 N–H and O–H groups in total. The van der Waals surface area contributed by atoms with E-state index in [-0.39, 0.29) is 5.88 Å². The van der Waals surface area contributed by atoms with Gasteiger partial charge in [-0.3, -0.25) is 0 Å². The largest absolute Gasteiger partial charge is 0.472 e. The van der Waals surface area contributed by atoms with Crippen molar-refractivity contribution in [2.45, 2.75) is 40.2 Å². The fraction of sp³-hybridized carbons (Fsp3) is 0.643. The number of hydrogen-bond donors (Lipinski definition) is 1. The molecule has 3 nitrogen and oxygen atoms in total. The molecule has 0 radical (unpaired) electrons. The second-order valence-corrected chi connectivity index (χ2v) is 4.89. The minimum absolute atomic E-state index is 0.279. The van der Waals surface area contributed by atoms with E-state index < -0.39 is 13.0 Å². The van der Waals surface area contributed by atoms with Crippen molar-refractivity contribution in [1.29, 1.82) is 0 Å². The van der Waals surface area contributed by atoms with Crippen LogP contribution in [0, 0.1) is 5.92 Å². The SMILES string of the molecule is CCc1cc(CNCC(C)C)cc(OCC(F)F)n1. The molecule has 1 rings (SSSR count). The summed E-state index contributed by atoms with van der Waals surface area (Å²) in [7, 11) is 0. The maximum Gasteiger partial charge on any atom is 0.272 e. The number of alkyl halides is 2. The second kappa shape index (κ2) is 8.04. The highest BCUT2D eigenvalue weighted by Gasteiger charge is 2.07. The summed E-state index contributed by atoms with van der Waals surface area (Å²) >= 11 is 0. The highest BCUT2D eigenvalue weighted by molar-refractivity contribution is 5.25. The number of pyridine rings is 1. The van der Waals surface area contributed by atoms with Crippen LogP contribution < -0.4 is 10.1 Å². The van der Waals surface area contributed by atoms with Gasteiger partial charge in [0.25, 0.3) is 6.43 Å². The zero-order chi connectivity index (χ0) is 14.3. The molecule has 0 unspecified atom stereocenters. The van der Waals surface area contributed by atoms with Gasteiger partial charge in [-0.2, -0.15) is 0 Å². The third-order valence-electron chi connectivity index (χ3n) is 2.52. The van der Waals surface area contributed by atoms with Crippen molar-refractivity contribution in [2.75, 3.05) is 13.2 Å². The molecule has 1 heterocycles. The van der Waals surface area contributed by atoms with Gasteiger partial charge in [0.1, 0.15) is 0 Å². The van der Waals surface area contributed by atoms with Crippen molar-refractivity contribution in [3.05, 3.63) is 23.4 Å². The van der Waals surface area contributed by atoms with Crippen LogP contribution in [0.1, 0.15) is 32.0 Å². The molecule has 0 aliphatic carbocycles. The molecule has 0 fully saturated rings. The number of ether oxygens (including phenoxy) is 1. The van der Waals surface area contributed by atoms with E-state index in [9.17, 15) is 8.78 Å². The van der Waals surface area contributed by atoms with E-state index in [1.165, 1.54) is 0 Å². The molecule has 0 atom stereocenters. The lowest BCUT2D eigenvalue weighted by atomic mass is 10.2. The van der Waals surface area contributed by atoms with Crippen molar-refractivity contribution in [2.24, 2.45) is 5.92 Å². The van der Waals surface area contributed by atoms with Crippen molar-refractivity contribution >= 4 is 0 Å². The lowest BCUT2D eigenvalue weighted by Gasteiger charge is -2.11. The standard InChI is InChI=1S/C14H22F2N2O/c1-4-12-5-11(8-17-7-10(2)3)6-14(18-12)19-9-13(15)16/h5-6,10,13,17H,4,7-9H2,1-3H3. The van der Waals surface area contributed by atoms with E-state index in [0.29, 0.717) is 12.5 Å². The molecule has 0 saturated carbocycles. The lowest BCUT2D eigenvalue weighted by Crippen LogP contribution is -2.19. The van der Waals surface area contributed by atoms with Gasteiger partial charge in [-0.05, 0) is 30.5 Å². The van der Waals surface area contributed by atoms with E-state index in [1.807, 2.05) is 13.0 Å². The number of rotatable bonds is 8. The summed E-state index contributed by atoms with van der Waals surface area (Å²) in [5.74, 6) is 0.850. The Morgan fingerprint density at radius 3 is 2.63 bits per heavy atom. The summed E-state index contributed by atoms with van der Waals surface area (Å²) in [5, 5.41) is 3.31. The fourth-order valence-electron chi connectivity index (χ4n) is 1.63. The van der Waals surface area contributed by atoms with Gasteiger partial charge in [-0.15, -0.1) is 0 Å². The van der Waals surface area contributed by atoms with Gasteiger partial charge < -0.3 is 10.1 Å². The van der Waals surface area contributed by atoms with Crippen LogP contribution in [0.4, 0.5) is 8.78 Å². The average molecular weight is 272 g/mol. The lowest BCUT2D eigenvalue weighted by molar-refractivity contribution is 0.0794. The van der Waals surface area contributed by atoms with Crippen molar-refractivity contribution in [3.63, 3.8) is 0 Å². The first kappa shape index (κ1) is 15.8. The third kappa shape index (κ3) is 6.47. The molecular weight excluding hydrogens is 250 g/mol. The predicted octanol–water partition coefficient (Wildman–Crippen LogP) is 3.03. The van der Waals surface area contributed by atoms with E-state index >= 15 is 0 Å². The Hall–Kier alpha value is -1.23. The predicted molar refractivity (Wildman–Crippen MR) is 71.7 cm³/mol. The Bertz CT molecular complexity index is 384. The molecule has 5 heteroatoms. The fourth-order valence-corrected chi connectivity index (χ4v) is 1.63. The summed E-state index contributed by atoms with van der Waals surface area (Å²) in [6.45, 7) is 7.24. The van der Waals surface area contributed by atoms with Crippen LogP contribution >= 0.6 is 0 Å². The summed E-state index contributed by atoms with van der Waals surface area (Å²) < 4.78 is 29.2. The molecule has 0 aliphatic rings. The Morgan fingerprint density at radius 2 is 2.05 bits per heavy atom. The van der Waals surface area contributed by atoms with Gasteiger partial charge in [0, 0.05) is 18.3 Å². The maximum absolute atomic E-state index is 12.1. The number of aryl methyl sites for hydroxylation is 1. The Kier molecular flexibility index (Phi) is 6.70. The first-order chi connectivity index (χ1) is 9.01. The third-order valence-corrected chi connectivity index (χ3v) is 2.52. The van der Waals surface area contributed by atoms with Crippen LogP contribution in [-0.2, 0) is 13.0 Å². The maximum atomic E-state index is 12.1. The first-order valence-corrected chi connectivity index (χ1v) is 6.62. The molecule has 1 aromatic rings. The van der Waals surface area contributed by atoms with Gasteiger partial charge in [0.15, 0.2) is 6.61 Å². The van der Waals surface area contributed by atoms with Gasteiger partial charge >= 0.3 is 0 Å². The van der Waals surface area contributed by atoms with Gasteiger partial charge in [0.05, 0.1) is 0 Å². The van der Waals surface area contributed by atoms with Crippen molar-refractivity contribution in [3.8, 4) is 5.88 Å². The van der Waals surface area contributed by atoms with Crippen LogP contribution in [-0.4, -0.2) is 24.6 Å². The first-order valence-electron chi connectivity index (χ1n) is 6.62. The molecule has 0 aliphatic heterocycles. The molecule has 0 aromatic carbocycles. The van der Waals surface area contributed by atoms with Crippen molar-refractivity contribution < 1.29 is 13.5 Å². The van der Waals surface area contributed by atoms with Gasteiger partial charge in [-0.25, -0.2) is 13.8 Å². The Balaban J connectivity index is 2.66.